The third-order valence-electron chi connectivity index (χ3n) is 5.82. The topological polar surface area (TPSA) is 29.5 Å². The van der Waals surface area contributed by atoms with Crippen LogP contribution < -0.4 is 0 Å². The van der Waals surface area contributed by atoms with E-state index in [2.05, 4.69) is 39.6 Å². The van der Waals surface area contributed by atoms with Gasteiger partial charge in [-0.05, 0) is 68.5 Å². The van der Waals surface area contributed by atoms with Gasteiger partial charge in [-0.3, -0.25) is 0 Å². The quantitative estimate of drug-likeness (QED) is 0.593. The molecule has 2 fully saturated rings. The van der Waals surface area contributed by atoms with Gasteiger partial charge < -0.3 is 9.53 Å². The highest BCUT2D eigenvalue weighted by Crippen LogP contribution is 2.58. The van der Waals surface area contributed by atoms with E-state index in [4.69, 9.17) is 9.53 Å². The first-order chi connectivity index (χ1) is 9.78. The molecule has 2 aliphatic rings. The molecule has 21 heavy (non-hydrogen) atoms. The first-order valence-electron chi connectivity index (χ1n) is 8.73. The van der Waals surface area contributed by atoms with Crippen LogP contribution in [0, 0.1) is 23.2 Å². The number of fused-ring (bicyclic) bond motifs is 1. The predicted molar refractivity (Wildman–Crippen MR) is 91.8 cm³/mol. The Balaban J connectivity index is 2.13. The molecule has 2 aliphatic carbocycles. The van der Waals surface area contributed by atoms with Crippen LogP contribution in [-0.2, 0) is 4.43 Å². The first-order valence-corrected chi connectivity index (χ1v) is 12.1. The Morgan fingerprint density at radius 3 is 2.62 bits per heavy atom. The van der Waals surface area contributed by atoms with Gasteiger partial charge in [0.15, 0.2) is 8.32 Å². The summed E-state index contributed by atoms with van der Waals surface area (Å²) in [5.74, 6) is 2.06. The van der Waals surface area contributed by atoms with Crippen molar-refractivity contribution < 1.29 is 9.53 Å². The van der Waals surface area contributed by atoms with E-state index in [1.165, 1.54) is 32.1 Å². The van der Waals surface area contributed by atoms with Crippen LogP contribution >= 0.6 is 0 Å². The molecule has 2 unspecified atom stereocenters. The monoisotopic (exact) mass is 310 g/mol. The van der Waals surface area contributed by atoms with Gasteiger partial charge in [0, 0.05) is 6.10 Å². The van der Waals surface area contributed by atoms with Crippen LogP contribution in [0.15, 0.2) is 12.2 Å². The van der Waals surface area contributed by atoms with E-state index in [1.807, 2.05) is 6.08 Å². The van der Waals surface area contributed by atoms with Crippen LogP contribution in [-0.4, -0.2) is 26.1 Å². The molecular weight excluding hydrogens is 276 g/mol. The van der Waals surface area contributed by atoms with Crippen LogP contribution in [0.1, 0.15) is 46.0 Å². The van der Waals surface area contributed by atoms with E-state index < -0.39 is 8.32 Å². The van der Waals surface area contributed by atoms with E-state index in [-0.39, 0.29) is 6.61 Å². The molecular formula is C18H34O2Si. The molecule has 0 radical (unpaired) electrons. The number of rotatable bonds is 5. The Morgan fingerprint density at radius 2 is 2.00 bits per heavy atom. The molecule has 2 saturated carbocycles. The summed E-state index contributed by atoms with van der Waals surface area (Å²) < 4.78 is 6.55. The van der Waals surface area contributed by atoms with E-state index in [0.29, 0.717) is 17.4 Å². The number of aliphatic hydroxyl groups is 1. The standard InChI is InChI=1S/C18H34O2Si/c1-14(8-7-13-19)15-10-11-16-17(20-21(3,4)5)9-6-12-18(15,16)2/h7-8,14-17,19H,6,9-13H2,1-5H3/t14-,15-,16?,17?,18+/m1/s1. The molecule has 0 spiro atoms. The summed E-state index contributed by atoms with van der Waals surface area (Å²) in [5.41, 5.74) is 0.432. The molecule has 2 rings (SSSR count). The second kappa shape index (κ2) is 6.55. The maximum absolute atomic E-state index is 9.02. The lowest BCUT2D eigenvalue weighted by Crippen LogP contribution is -2.46. The molecule has 0 saturated heterocycles. The van der Waals surface area contributed by atoms with Crippen LogP contribution in [0.5, 0.6) is 0 Å². The lowest BCUT2D eigenvalue weighted by atomic mass is 9.62. The molecule has 3 heteroatoms. The maximum atomic E-state index is 9.02. The summed E-state index contributed by atoms with van der Waals surface area (Å²) in [4.78, 5) is 0. The van der Waals surface area contributed by atoms with Gasteiger partial charge in [-0.15, -0.1) is 0 Å². The third-order valence-corrected chi connectivity index (χ3v) is 6.83. The van der Waals surface area contributed by atoms with Crippen molar-refractivity contribution >= 4 is 8.32 Å². The molecule has 0 aromatic heterocycles. The van der Waals surface area contributed by atoms with Gasteiger partial charge in [-0.1, -0.05) is 32.4 Å². The smallest absolute Gasteiger partial charge is 0.184 e. The summed E-state index contributed by atoms with van der Waals surface area (Å²) in [6.45, 7) is 12.0. The van der Waals surface area contributed by atoms with E-state index in [0.717, 1.165) is 11.8 Å². The average molecular weight is 311 g/mol. The molecule has 5 atom stereocenters. The van der Waals surface area contributed by atoms with Gasteiger partial charge in [-0.2, -0.15) is 0 Å². The number of aliphatic hydroxyl groups excluding tert-OH is 1. The van der Waals surface area contributed by atoms with Crippen molar-refractivity contribution in [2.45, 2.75) is 71.7 Å². The van der Waals surface area contributed by atoms with E-state index in [9.17, 15) is 0 Å². The van der Waals surface area contributed by atoms with Gasteiger partial charge >= 0.3 is 0 Å². The largest absolute Gasteiger partial charge is 0.414 e. The molecule has 122 valence electrons. The summed E-state index contributed by atoms with van der Waals surface area (Å²) >= 11 is 0. The van der Waals surface area contributed by atoms with Crippen LogP contribution in [0.25, 0.3) is 0 Å². The van der Waals surface area contributed by atoms with E-state index in [1.54, 1.807) is 0 Å². The van der Waals surface area contributed by atoms with Crippen LogP contribution in [0.4, 0.5) is 0 Å². The number of hydrogen-bond acceptors (Lipinski definition) is 2. The average Bonchev–Trinajstić information content (AvgIpc) is 2.72. The molecule has 0 bridgehead atoms. The second-order valence-electron chi connectivity index (χ2n) is 8.43. The van der Waals surface area contributed by atoms with E-state index >= 15 is 0 Å². The Labute approximate surface area is 132 Å². The van der Waals surface area contributed by atoms with Crippen molar-refractivity contribution in [2.24, 2.45) is 23.2 Å². The fraction of sp³-hybridized carbons (Fsp3) is 0.889. The molecule has 1 N–H and O–H groups in total. The minimum atomic E-state index is -1.45. The highest BCUT2D eigenvalue weighted by molar-refractivity contribution is 6.69. The normalized spacial score (nSPS) is 38.7. The fourth-order valence-corrected chi connectivity index (χ4v) is 6.22. The molecule has 0 heterocycles. The number of hydrogen-bond donors (Lipinski definition) is 1. The summed E-state index contributed by atoms with van der Waals surface area (Å²) in [6.07, 6.45) is 11.2. The first kappa shape index (κ1) is 17.2. The van der Waals surface area contributed by atoms with Gasteiger partial charge in [0.05, 0.1) is 6.61 Å². The SMILES string of the molecule is C[C@H](C=CCO)[C@H]1CCC2C(O[Si](C)(C)C)CCC[C@]21C. The van der Waals surface area contributed by atoms with Crippen molar-refractivity contribution in [3.63, 3.8) is 0 Å². The highest BCUT2D eigenvalue weighted by Gasteiger charge is 2.52. The molecule has 2 nitrogen and oxygen atoms in total. The molecule has 0 amide bonds. The summed E-state index contributed by atoms with van der Waals surface area (Å²) in [5, 5.41) is 9.02. The summed E-state index contributed by atoms with van der Waals surface area (Å²) in [6, 6.07) is 0. The molecule has 0 aromatic carbocycles. The van der Waals surface area contributed by atoms with Gasteiger partial charge in [-0.25, -0.2) is 0 Å². The minimum absolute atomic E-state index is 0.165. The Hall–Kier alpha value is -0.123. The maximum Gasteiger partial charge on any atom is 0.184 e. The zero-order chi connectivity index (χ0) is 15.7. The molecule has 0 aliphatic heterocycles. The number of allylic oxidation sites excluding steroid dienone is 1. The second-order valence-corrected chi connectivity index (χ2v) is 12.9. The van der Waals surface area contributed by atoms with Crippen molar-refractivity contribution in [2.75, 3.05) is 6.61 Å². The minimum Gasteiger partial charge on any atom is -0.414 e. The zero-order valence-corrected chi connectivity index (χ0v) is 15.6. The molecule has 0 aromatic rings. The Bertz CT molecular complexity index is 374. The van der Waals surface area contributed by atoms with Crippen molar-refractivity contribution in [3.8, 4) is 0 Å². The Kier molecular flexibility index (Phi) is 5.38. The van der Waals surface area contributed by atoms with Gasteiger partial charge in [0.1, 0.15) is 0 Å². The predicted octanol–water partition coefficient (Wildman–Crippen LogP) is 4.61. The van der Waals surface area contributed by atoms with Crippen LogP contribution in [0.2, 0.25) is 19.6 Å². The lowest BCUT2D eigenvalue weighted by molar-refractivity contribution is -0.0135. The highest BCUT2D eigenvalue weighted by atomic mass is 28.4. The summed E-state index contributed by atoms with van der Waals surface area (Å²) in [7, 11) is -1.45. The van der Waals surface area contributed by atoms with Crippen LogP contribution in [0.3, 0.4) is 0 Å². The Morgan fingerprint density at radius 1 is 1.29 bits per heavy atom. The fourth-order valence-electron chi connectivity index (χ4n) is 5.03. The van der Waals surface area contributed by atoms with Gasteiger partial charge in [0.2, 0.25) is 0 Å². The van der Waals surface area contributed by atoms with Crippen molar-refractivity contribution in [1.29, 1.82) is 0 Å². The van der Waals surface area contributed by atoms with Crippen molar-refractivity contribution in [1.82, 2.24) is 0 Å². The van der Waals surface area contributed by atoms with Gasteiger partial charge in [0.25, 0.3) is 0 Å². The third kappa shape index (κ3) is 3.80. The lowest BCUT2D eigenvalue weighted by Gasteiger charge is -2.47. The zero-order valence-electron chi connectivity index (χ0n) is 14.6. The van der Waals surface area contributed by atoms with Crippen molar-refractivity contribution in [3.05, 3.63) is 12.2 Å².